The molecule has 5 heteroatoms. The first-order valence-corrected chi connectivity index (χ1v) is 7.65. The molecule has 1 rings (SSSR count). The van der Waals surface area contributed by atoms with Crippen LogP contribution >= 0.6 is 0 Å². The molecule has 0 unspecified atom stereocenters. The van der Waals surface area contributed by atoms with Gasteiger partial charge in [0.2, 0.25) is 5.91 Å². The number of aryl methyl sites for hydroxylation is 2. The molecular formula is C16H28N2O3. The monoisotopic (exact) mass is 296 g/mol. The van der Waals surface area contributed by atoms with Crippen molar-refractivity contribution in [3.63, 3.8) is 0 Å². The van der Waals surface area contributed by atoms with Crippen LogP contribution < -0.4 is 5.32 Å². The van der Waals surface area contributed by atoms with Crippen LogP contribution in [0, 0.1) is 6.92 Å². The molecule has 1 aromatic heterocycles. The van der Waals surface area contributed by atoms with Crippen molar-refractivity contribution >= 4 is 5.91 Å². The molecule has 0 bridgehead atoms. The van der Waals surface area contributed by atoms with Gasteiger partial charge in [-0.3, -0.25) is 4.79 Å². The Kier molecular flexibility index (Phi) is 6.89. The van der Waals surface area contributed by atoms with Crippen molar-refractivity contribution in [1.29, 1.82) is 0 Å². The Bertz CT molecular complexity index is 447. The Morgan fingerprint density at radius 2 is 2.10 bits per heavy atom. The van der Waals surface area contributed by atoms with Gasteiger partial charge >= 0.3 is 0 Å². The first kappa shape index (κ1) is 17.7. The van der Waals surface area contributed by atoms with Crippen LogP contribution in [-0.4, -0.2) is 30.6 Å². The second-order valence-electron chi connectivity index (χ2n) is 6.18. The number of ether oxygens (including phenoxy) is 1. The highest BCUT2D eigenvalue weighted by Gasteiger charge is 2.22. The number of hydrogen-bond donors (Lipinski definition) is 1. The highest BCUT2D eigenvalue weighted by molar-refractivity contribution is 5.76. The van der Waals surface area contributed by atoms with Gasteiger partial charge in [0.15, 0.2) is 5.89 Å². The molecule has 1 aromatic rings. The summed E-state index contributed by atoms with van der Waals surface area (Å²) >= 11 is 0. The number of amides is 1. The zero-order valence-corrected chi connectivity index (χ0v) is 13.9. The SMILES string of the molecule is CCOCCCNC(=O)CCc1oc(C(C)(C)C)nc1C. The molecule has 0 aliphatic carbocycles. The van der Waals surface area contributed by atoms with Crippen molar-refractivity contribution in [3.8, 4) is 0 Å². The van der Waals surface area contributed by atoms with Gasteiger partial charge in [0.05, 0.1) is 5.69 Å². The molecule has 0 spiro atoms. The summed E-state index contributed by atoms with van der Waals surface area (Å²) in [6, 6.07) is 0. The van der Waals surface area contributed by atoms with E-state index in [4.69, 9.17) is 9.15 Å². The molecule has 0 aliphatic rings. The van der Waals surface area contributed by atoms with Gasteiger partial charge < -0.3 is 14.5 Å². The standard InChI is InChI=1S/C16H28N2O3/c1-6-20-11-7-10-17-14(19)9-8-13-12(2)18-15(21-13)16(3,4)5/h6-11H2,1-5H3,(H,17,19). The molecule has 1 amide bonds. The summed E-state index contributed by atoms with van der Waals surface area (Å²) in [5, 5.41) is 2.89. The number of nitrogens with zero attached hydrogens (tertiary/aromatic N) is 1. The maximum absolute atomic E-state index is 11.8. The van der Waals surface area contributed by atoms with E-state index in [0.29, 0.717) is 26.0 Å². The molecular weight excluding hydrogens is 268 g/mol. The van der Waals surface area contributed by atoms with Crippen molar-refractivity contribution < 1.29 is 13.9 Å². The van der Waals surface area contributed by atoms with Crippen molar-refractivity contribution in [3.05, 3.63) is 17.3 Å². The number of hydrogen-bond acceptors (Lipinski definition) is 4. The topological polar surface area (TPSA) is 64.4 Å². The van der Waals surface area contributed by atoms with Crippen LogP contribution in [0.2, 0.25) is 0 Å². The fourth-order valence-electron chi connectivity index (χ4n) is 1.84. The Morgan fingerprint density at radius 1 is 1.38 bits per heavy atom. The van der Waals surface area contributed by atoms with E-state index in [1.54, 1.807) is 0 Å². The molecule has 0 aliphatic heterocycles. The van der Waals surface area contributed by atoms with E-state index in [2.05, 4.69) is 31.1 Å². The number of oxazole rings is 1. The van der Waals surface area contributed by atoms with Crippen LogP contribution in [0.25, 0.3) is 0 Å². The Labute approximate surface area is 127 Å². The van der Waals surface area contributed by atoms with Crippen molar-refractivity contribution in [2.24, 2.45) is 0 Å². The summed E-state index contributed by atoms with van der Waals surface area (Å²) in [5.74, 6) is 1.58. The van der Waals surface area contributed by atoms with Crippen molar-refractivity contribution in [2.75, 3.05) is 19.8 Å². The summed E-state index contributed by atoms with van der Waals surface area (Å²) in [6.45, 7) is 12.1. The van der Waals surface area contributed by atoms with Crippen molar-refractivity contribution in [2.45, 2.75) is 59.3 Å². The predicted octanol–water partition coefficient (Wildman–Crippen LogP) is 2.76. The van der Waals surface area contributed by atoms with Gasteiger partial charge in [-0.25, -0.2) is 4.98 Å². The molecule has 1 heterocycles. The van der Waals surface area contributed by atoms with Crippen LogP contribution in [0.1, 0.15) is 57.9 Å². The van der Waals surface area contributed by atoms with Crippen LogP contribution in [0.5, 0.6) is 0 Å². The minimum atomic E-state index is -0.107. The van der Waals surface area contributed by atoms with Gasteiger partial charge in [0.1, 0.15) is 5.76 Å². The van der Waals surface area contributed by atoms with E-state index in [9.17, 15) is 4.79 Å². The highest BCUT2D eigenvalue weighted by atomic mass is 16.5. The largest absolute Gasteiger partial charge is 0.445 e. The number of carbonyl (C=O) groups is 1. The predicted molar refractivity (Wildman–Crippen MR) is 82.4 cm³/mol. The maximum atomic E-state index is 11.8. The summed E-state index contributed by atoms with van der Waals surface area (Å²) in [7, 11) is 0. The fourth-order valence-corrected chi connectivity index (χ4v) is 1.84. The Hall–Kier alpha value is -1.36. The molecule has 0 fully saturated rings. The van der Waals surface area contributed by atoms with Gasteiger partial charge in [-0.2, -0.15) is 0 Å². The lowest BCUT2D eigenvalue weighted by Crippen LogP contribution is -2.25. The number of nitrogens with one attached hydrogen (secondary N) is 1. The third-order valence-electron chi connectivity index (χ3n) is 3.11. The Morgan fingerprint density at radius 3 is 2.67 bits per heavy atom. The van der Waals surface area contributed by atoms with E-state index >= 15 is 0 Å². The Balaban J connectivity index is 2.35. The average Bonchev–Trinajstić information content (AvgIpc) is 2.77. The normalized spacial score (nSPS) is 11.7. The van der Waals surface area contributed by atoms with Crippen LogP contribution in [0.15, 0.2) is 4.42 Å². The lowest BCUT2D eigenvalue weighted by Gasteiger charge is -2.12. The summed E-state index contributed by atoms with van der Waals surface area (Å²) < 4.78 is 11.0. The molecule has 21 heavy (non-hydrogen) atoms. The molecule has 120 valence electrons. The highest BCUT2D eigenvalue weighted by Crippen LogP contribution is 2.24. The minimum Gasteiger partial charge on any atom is -0.445 e. The number of aromatic nitrogens is 1. The third kappa shape index (κ3) is 6.29. The molecule has 0 atom stereocenters. The molecule has 0 saturated heterocycles. The quantitative estimate of drug-likeness (QED) is 0.749. The van der Waals surface area contributed by atoms with E-state index in [1.165, 1.54) is 0 Å². The summed E-state index contributed by atoms with van der Waals surface area (Å²) in [4.78, 5) is 16.2. The molecule has 0 saturated carbocycles. The van der Waals surface area contributed by atoms with Gasteiger partial charge in [0.25, 0.3) is 0 Å². The first-order chi connectivity index (χ1) is 9.84. The second kappa shape index (κ2) is 8.17. The van der Waals surface area contributed by atoms with Gasteiger partial charge in [-0.1, -0.05) is 20.8 Å². The van der Waals surface area contributed by atoms with Crippen LogP contribution in [0.3, 0.4) is 0 Å². The minimum absolute atomic E-state index is 0.0413. The lowest BCUT2D eigenvalue weighted by atomic mass is 9.97. The van der Waals surface area contributed by atoms with E-state index in [1.807, 2.05) is 13.8 Å². The maximum Gasteiger partial charge on any atom is 0.220 e. The first-order valence-electron chi connectivity index (χ1n) is 7.65. The van der Waals surface area contributed by atoms with Crippen LogP contribution in [0.4, 0.5) is 0 Å². The van der Waals surface area contributed by atoms with Crippen LogP contribution in [-0.2, 0) is 21.4 Å². The van der Waals surface area contributed by atoms with Gasteiger partial charge in [-0.15, -0.1) is 0 Å². The van der Waals surface area contributed by atoms with Gasteiger partial charge in [-0.05, 0) is 20.3 Å². The third-order valence-corrected chi connectivity index (χ3v) is 3.11. The zero-order valence-electron chi connectivity index (χ0n) is 13.9. The molecule has 0 aromatic carbocycles. The number of rotatable bonds is 8. The summed E-state index contributed by atoms with van der Waals surface area (Å²) in [5.41, 5.74) is 0.772. The zero-order chi connectivity index (χ0) is 15.9. The fraction of sp³-hybridized carbons (Fsp3) is 0.750. The second-order valence-corrected chi connectivity index (χ2v) is 6.18. The van der Waals surface area contributed by atoms with E-state index < -0.39 is 0 Å². The van der Waals surface area contributed by atoms with Gasteiger partial charge in [0, 0.05) is 38.0 Å². The average molecular weight is 296 g/mol. The molecule has 1 N–H and O–H groups in total. The van der Waals surface area contributed by atoms with Crippen molar-refractivity contribution in [1.82, 2.24) is 10.3 Å². The molecule has 5 nitrogen and oxygen atoms in total. The smallest absolute Gasteiger partial charge is 0.220 e. The summed E-state index contributed by atoms with van der Waals surface area (Å²) in [6.07, 6.45) is 1.86. The molecule has 0 radical (unpaired) electrons. The van der Waals surface area contributed by atoms with E-state index in [-0.39, 0.29) is 11.3 Å². The lowest BCUT2D eigenvalue weighted by molar-refractivity contribution is -0.121. The number of carbonyl (C=O) groups excluding carboxylic acids is 1. The van der Waals surface area contributed by atoms with E-state index in [0.717, 1.165) is 30.4 Å².